The van der Waals surface area contributed by atoms with Crippen LogP contribution in [0, 0.1) is 5.82 Å². The summed E-state index contributed by atoms with van der Waals surface area (Å²) in [4.78, 5) is 26.9. The van der Waals surface area contributed by atoms with Crippen molar-refractivity contribution in [2.45, 2.75) is 25.0 Å². The molecule has 144 valence electrons. The molecule has 6 heteroatoms. The first-order valence-corrected chi connectivity index (χ1v) is 9.28. The number of halogens is 1. The first-order chi connectivity index (χ1) is 13.6. The van der Waals surface area contributed by atoms with Gasteiger partial charge < -0.3 is 14.7 Å². The van der Waals surface area contributed by atoms with Gasteiger partial charge in [0.1, 0.15) is 11.6 Å². The lowest BCUT2D eigenvalue weighted by Crippen LogP contribution is -2.36. The molecule has 2 heterocycles. The highest BCUT2D eigenvalue weighted by atomic mass is 19.1. The van der Waals surface area contributed by atoms with Crippen LogP contribution in [0.3, 0.4) is 0 Å². The van der Waals surface area contributed by atoms with Gasteiger partial charge in [0.2, 0.25) is 0 Å². The molecule has 2 aromatic rings. The number of rotatable bonds is 4. The van der Waals surface area contributed by atoms with Gasteiger partial charge in [-0.05, 0) is 18.9 Å². The fraction of sp³-hybridized carbons (Fsp3) is 0.273. The number of Topliss-reactive ketones (excluding diaryl/α,β-unsaturated/α-hetero) is 1. The van der Waals surface area contributed by atoms with E-state index in [9.17, 15) is 19.1 Å². The van der Waals surface area contributed by atoms with Crippen LogP contribution in [-0.4, -0.2) is 41.0 Å². The number of ketones is 1. The van der Waals surface area contributed by atoms with Gasteiger partial charge in [-0.15, -0.1) is 0 Å². The highest BCUT2D eigenvalue weighted by Crippen LogP contribution is 2.40. The molecule has 2 aliphatic rings. The molecule has 0 aliphatic carbocycles. The topological polar surface area (TPSA) is 66.8 Å². The van der Waals surface area contributed by atoms with Gasteiger partial charge in [-0.2, -0.15) is 0 Å². The minimum absolute atomic E-state index is 0.0979. The highest BCUT2D eigenvalue weighted by Gasteiger charge is 2.47. The van der Waals surface area contributed by atoms with Gasteiger partial charge in [0, 0.05) is 24.3 Å². The average Bonchev–Trinajstić information content (AvgIpc) is 3.31. The summed E-state index contributed by atoms with van der Waals surface area (Å²) in [7, 11) is 0. The van der Waals surface area contributed by atoms with Crippen LogP contribution in [0.25, 0.3) is 5.76 Å². The van der Waals surface area contributed by atoms with Crippen LogP contribution in [0.2, 0.25) is 0 Å². The summed E-state index contributed by atoms with van der Waals surface area (Å²) >= 11 is 0. The lowest BCUT2D eigenvalue weighted by Gasteiger charge is -2.27. The second-order valence-electron chi connectivity index (χ2n) is 6.97. The molecule has 2 saturated heterocycles. The normalized spacial score (nSPS) is 24.1. The lowest BCUT2D eigenvalue weighted by molar-refractivity contribution is -0.140. The number of hydrogen-bond acceptors (Lipinski definition) is 4. The van der Waals surface area contributed by atoms with Crippen LogP contribution in [0.4, 0.5) is 4.39 Å². The van der Waals surface area contributed by atoms with E-state index in [2.05, 4.69) is 0 Å². The average molecular weight is 381 g/mol. The van der Waals surface area contributed by atoms with E-state index < -0.39 is 23.5 Å². The smallest absolute Gasteiger partial charge is 0.295 e. The summed E-state index contributed by atoms with van der Waals surface area (Å²) < 4.78 is 20.3. The molecule has 28 heavy (non-hydrogen) atoms. The van der Waals surface area contributed by atoms with Crippen molar-refractivity contribution in [2.75, 3.05) is 13.2 Å². The number of aliphatic hydroxyl groups excluding tert-OH is 1. The molecule has 2 fully saturated rings. The van der Waals surface area contributed by atoms with E-state index in [-0.39, 0.29) is 29.5 Å². The van der Waals surface area contributed by atoms with Crippen LogP contribution in [0.1, 0.15) is 30.0 Å². The molecule has 4 rings (SSSR count). The Hall–Kier alpha value is -2.99. The first kappa shape index (κ1) is 18.4. The molecule has 0 radical (unpaired) electrons. The van der Waals surface area contributed by atoms with Crippen molar-refractivity contribution < 1.29 is 23.8 Å². The van der Waals surface area contributed by atoms with Crippen LogP contribution in [0.15, 0.2) is 60.2 Å². The quantitative estimate of drug-likeness (QED) is 0.501. The van der Waals surface area contributed by atoms with E-state index in [4.69, 9.17) is 4.74 Å². The minimum Gasteiger partial charge on any atom is -0.507 e. The zero-order valence-electron chi connectivity index (χ0n) is 15.2. The zero-order chi connectivity index (χ0) is 19.7. The van der Waals surface area contributed by atoms with Gasteiger partial charge in [0.05, 0.1) is 17.7 Å². The molecular weight excluding hydrogens is 361 g/mol. The Morgan fingerprint density at radius 2 is 1.82 bits per heavy atom. The van der Waals surface area contributed by atoms with E-state index >= 15 is 0 Å². The standard InChI is InChI=1S/C22H20FNO4/c23-17-11-5-4-10-16(17)19-18(20(25)14-7-2-1-3-8-14)21(26)22(27)24(19)13-15-9-6-12-28-15/h1-5,7-8,10-11,15,19,25H,6,9,12-13H2/b20-18+. The van der Waals surface area contributed by atoms with Crippen molar-refractivity contribution in [2.24, 2.45) is 0 Å². The number of benzene rings is 2. The molecule has 0 spiro atoms. The van der Waals surface area contributed by atoms with E-state index in [0.29, 0.717) is 12.2 Å². The number of hydrogen-bond donors (Lipinski definition) is 1. The third kappa shape index (κ3) is 3.20. The first-order valence-electron chi connectivity index (χ1n) is 9.28. The summed E-state index contributed by atoms with van der Waals surface area (Å²) in [6.07, 6.45) is 1.44. The summed E-state index contributed by atoms with van der Waals surface area (Å²) in [5.74, 6) is -2.40. The van der Waals surface area contributed by atoms with E-state index in [0.717, 1.165) is 12.8 Å². The highest BCUT2D eigenvalue weighted by molar-refractivity contribution is 6.46. The summed E-state index contributed by atoms with van der Waals surface area (Å²) in [5, 5.41) is 10.8. The number of aliphatic hydroxyl groups is 1. The number of nitrogens with zero attached hydrogens (tertiary/aromatic N) is 1. The predicted molar refractivity (Wildman–Crippen MR) is 101 cm³/mol. The SMILES string of the molecule is O=C1C(=O)N(CC2CCCO2)C(c2ccccc2F)/C1=C(\O)c1ccccc1. The largest absolute Gasteiger partial charge is 0.507 e. The molecular formula is C22H20FNO4. The molecule has 0 saturated carbocycles. The molecule has 2 unspecified atom stereocenters. The van der Waals surface area contributed by atoms with Crippen LogP contribution < -0.4 is 0 Å². The lowest BCUT2D eigenvalue weighted by atomic mass is 9.95. The van der Waals surface area contributed by atoms with Crippen molar-refractivity contribution in [1.29, 1.82) is 0 Å². The number of likely N-dealkylation sites (tertiary alicyclic amines) is 1. The van der Waals surface area contributed by atoms with Crippen molar-refractivity contribution in [3.05, 3.63) is 77.1 Å². The molecule has 5 nitrogen and oxygen atoms in total. The third-order valence-electron chi connectivity index (χ3n) is 5.21. The van der Waals surface area contributed by atoms with E-state index in [1.165, 1.54) is 17.0 Å². The summed E-state index contributed by atoms with van der Waals surface area (Å²) in [5.41, 5.74) is 0.482. The van der Waals surface area contributed by atoms with Crippen molar-refractivity contribution in [3.8, 4) is 0 Å². The summed E-state index contributed by atoms with van der Waals surface area (Å²) in [6.45, 7) is 0.776. The molecule has 0 aromatic heterocycles. The Morgan fingerprint density at radius 3 is 2.50 bits per heavy atom. The Kier molecular flexibility index (Phi) is 4.96. The monoisotopic (exact) mass is 381 g/mol. The second-order valence-corrected chi connectivity index (χ2v) is 6.97. The molecule has 1 amide bonds. The maximum absolute atomic E-state index is 14.6. The maximum Gasteiger partial charge on any atom is 0.295 e. The molecule has 2 aliphatic heterocycles. The van der Waals surface area contributed by atoms with Gasteiger partial charge in [-0.1, -0.05) is 48.5 Å². The predicted octanol–water partition coefficient (Wildman–Crippen LogP) is 3.43. The number of amides is 1. The van der Waals surface area contributed by atoms with Gasteiger partial charge in [0.25, 0.3) is 11.7 Å². The number of ether oxygens (including phenoxy) is 1. The van der Waals surface area contributed by atoms with Crippen molar-refractivity contribution >= 4 is 17.4 Å². The molecule has 0 bridgehead atoms. The molecule has 2 atom stereocenters. The molecule has 2 aromatic carbocycles. The Balaban J connectivity index is 1.84. The van der Waals surface area contributed by atoms with Crippen LogP contribution in [0.5, 0.6) is 0 Å². The van der Waals surface area contributed by atoms with Gasteiger partial charge >= 0.3 is 0 Å². The van der Waals surface area contributed by atoms with Gasteiger partial charge in [0.15, 0.2) is 0 Å². The third-order valence-corrected chi connectivity index (χ3v) is 5.21. The Bertz CT molecular complexity index is 935. The van der Waals surface area contributed by atoms with Gasteiger partial charge in [-0.25, -0.2) is 4.39 Å². The fourth-order valence-corrected chi connectivity index (χ4v) is 3.85. The second kappa shape index (κ2) is 7.56. The maximum atomic E-state index is 14.6. The molecule has 1 N–H and O–H groups in total. The Labute approximate surface area is 162 Å². The van der Waals surface area contributed by atoms with Crippen molar-refractivity contribution in [3.63, 3.8) is 0 Å². The van der Waals surface area contributed by atoms with Gasteiger partial charge in [-0.3, -0.25) is 9.59 Å². The van der Waals surface area contributed by atoms with Crippen LogP contribution >= 0.6 is 0 Å². The van der Waals surface area contributed by atoms with E-state index in [1.807, 2.05) is 0 Å². The Morgan fingerprint density at radius 1 is 1.11 bits per heavy atom. The minimum atomic E-state index is -0.995. The number of carbonyl (C=O) groups excluding carboxylic acids is 2. The van der Waals surface area contributed by atoms with Crippen LogP contribution in [-0.2, 0) is 14.3 Å². The van der Waals surface area contributed by atoms with E-state index in [1.54, 1.807) is 42.5 Å². The fourth-order valence-electron chi connectivity index (χ4n) is 3.85. The zero-order valence-corrected chi connectivity index (χ0v) is 15.2. The number of carbonyl (C=O) groups is 2. The summed E-state index contributed by atoms with van der Waals surface area (Å²) in [6, 6.07) is 13.5. The van der Waals surface area contributed by atoms with Crippen molar-refractivity contribution in [1.82, 2.24) is 4.90 Å².